The zero-order valence-electron chi connectivity index (χ0n) is 22.4. The predicted octanol–water partition coefficient (Wildman–Crippen LogP) is 5.73. The Morgan fingerprint density at radius 3 is 2.30 bits per heavy atom. The molecule has 2 aromatic carbocycles. The van der Waals surface area contributed by atoms with E-state index < -0.39 is 10.0 Å². The molecule has 0 bridgehead atoms. The fourth-order valence-corrected chi connectivity index (χ4v) is 6.74. The molecule has 1 fully saturated rings. The fourth-order valence-electron chi connectivity index (χ4n) is 5.02. The molecular formula is C29H35N3O4S. The van der Waals surface area contributed by atoms with E-state index in [1.807, 2.05) is 52.0 Å². The number of hydrogen-bond acceptors (Lipinski definition) is 5. The molecule has 0 spiro atoms. The highest BCUT2D eigenvalue weighted by molar-refractivity contribution is 7.89. The quantitative estimate of drug-likeness (QED) is 0.447. The van der Waals surface area contributed by atoms with Crippen LogP contribution in [0.15, 0.2) is 39.8 Å². The largest absolute Gasteiger partial charge is 0.355 e. The van der Waals surface area contributed by atoms with Crippen molar-refractivity contribution in [2.24, 2.45) is 5.92 Å². The Kier molecular flexibility index (Phi) is 7.71. The molecule has 1 N–H and O–H groups in total. The van der Waals surface area contributed by atoms with E-state index in [1.165, 1.54) is 9.87 Å². The topological polar surface area (TPSA) is 92.5 Å². The Balaban J connectivity index is 1.49. The Hall–Kier alpha value is -3.23. The summed E-state index contributed by atoms with van der Waals surface area (Å²) in [7, 11) is -3.84. The zero-order chi connectivity index (χ0) is 26.9. The van der Waals surface area contributed by atoms with E-state index in [-0.39, 0.29) is 35.6 Å². The number of nitrogens with one attached hydrogen (secondary N) is 1. The average Bonchev–Trinajstić information content (AvgIpc) is 3.22. The minimum absolute atomic E-state index is 0.0700. The van der Waals surface area contributed by atoms with E-state index in [1.54, 1.807) is 13.0 Å². The van der Waals surface area contributed by atoms with Crippen LogP contribution in [0.5, 0.6) is 0 Å². The number of carbonyl (C=O) groups is 1. The molecule has 1 aliphatic rings. The Labute approximate surface area is 219 Å². The van der Waals surface area contributed by atoms with Crippen LogP contribution < -0.4 is 5.32 Å². The van der Waals surface area contributed by atoms with Crippen molar-refractivity contribution in [2.75, 3.05) is 18.4 Å². The maximum absolute atomic E-state index is 13.6. The molecule has 2 heterocycles. The summed E-state index contributed by atoms with van der Waals surface area (Å²) in [5, 5.41) is 6.98. The first-order valence-electron chi connectivity index (χ1n) is 12.6. The van der Waals surface area contributed by atoms with E-state index in [4.69, 9.17) is 4.52 Å². The smallest absolute Gasteiger partial charge is 0.248 e. The van der Waals surface area contributed by atoms with E-state index in [2.05, 4.69) is 29.5 Å². The van der Waals surface area contributed by atoms with Gasteiger partial charge < -0.3 is 9.84 Å². The molecule has 1 aliphatic heterocycles. The third-order valence-electron chi connectivity index (χ3n) is 7.26. The molecular weight excluding hydrogens is 486 g/mol. The predicted molar refractivity (Wildman–Crippen MR) is 147 cm³/mol. The van der Waals surface area contributed by atoms with Crippen LogP contribution in [0.2, 0.25) is 0 Å². The van der Waals surface area contributed by atoms with Gasteiger partial charge in [-0.1, -0.05) is 41.1 Å². The maximum Gasteiger partial charge on any atom is 0.248 e. The molecule has 7 nitrogen and oxygen atoms in total. The van der Waals surface area contributed by atoms with Gasteiger partial charge in [-0.3, -0.25) is 4.79 Å². The van der Waals surface area contributed by atoms with Crippen molar-refractivity contribution in [3.63, 3.8) is 0 Å². The van der Waals surface area contributed by atoms with Crippen molar-refractivity contribution >= 4 is 33.8 Å². The van der Waals surface area contributed by atoms with Crippen LogP contribution in [0.4, 0.5) is 5.69 Å². The van der Waals surface area contributed by atoms with Gasteiger partial charge in [0, 0.05) is 24.7 Å². The number of amides is 1. The molecule has 8 heteroatoms. The average molecular weight is 522 g/mol. The maximum atomic E-state index is 13.6. The number of piperidine rings is 1. The van der Waals surface area contributed by atoms with Gasteiger partial charge in [0.05, 0.1) is 0 Å². The lowest BCUT2D eigenvalue weighted by molar-refractivity contribution is -0.120. The van der Waals surface area contributed by atoms with Crippen LogP contribution in [-0.4, -0.2) is 36.9 Å². The first kappa shape index (κ1) is 26.8. The molecule has 1 saturated heterocycles. The highest BCUT2D eigenvalue weighted by Gasteiger charge is 2.36. The van der Waals surface area contributed by atoms with Gasteiger partial charge >= 0.3 is 0 Å². The second-order valence-electron chi connectivity index (χ2n) is 10.0. The van der Waals surface area contributed by atoms with E-state index in [0.717, 1.165) is 33.5 Å². The number of hydrogen-bond donors (Lipinski definition) is 1. The van der Waals surface area contributed by atoms with Gasteiger partial charge in [-0.2, -0.15) is 4.31 Å². The third kappa shape index (κ3) is 5.55. The van der Waals surface area contributed by atoms with Crippen LogP contribution in [0, 0.1) is 47.5 Å². The van der Waals surface area contributed by atoms with Crippen LogP contribution in [0.3, 0.4) is 0 Å². The van der Waals surface area contributed by atoms with E-state index in [9.17, 15) is 13.2 Å². The lowest BCUT2D eigenvalue weighted by Crippen LogP contribution is -2.41. The normalized spacial score (nSPS) is 15.4. The Morgan fingerprint density at radius 1 is 1.00 bits per heavy atom. The summed E-state index contributed by atoms with van der Waals surface area (Å²) in [6.07, 6.45) is 4.47. The number of nitrogens with zero attached hydrogens (tertiary/aromatic N) is 2. The lowest BCUT2D eigenvalue weighted by atomic mass is 9.97. The molecule has 4 rings (SSSR count). The van der Waals surface area contributed by atoms with Gasteiger partial charge in [0.2, 0.25) is 15.9 Å². The van der Waals surface area contributed by atoms with E-state index in [0.29, 0.717) is 18.5 Å². The SMILES string of the molecule is Cc1cc(C)c(/C=C/c2onc(C)c2S(=O)(=O)N2CCC(C(=O)Nc3cccc(C)c3C)CC2)c(C)c1. The molecule has 196 valence electrons. The van der Waals surface area contributed by atoms with E-state index >= 15 is 0 Å². The number of benzene rings is 2. The van der Waals surface area contributed by atoms with Gasteiger partial charge in [0.1, 0.15) is 5.69 Å². The molecule has 1 aromatic heterocycles. The standard InChI is InChI=1S/C29H35N3O4S/c1-18-16-20(3)25(21(4)17-18)10-11-27-28(23(6)31-36-27)37(34,35)32-14-12-24(13-15-32)29(33)30-26-9-7-8-19(2)22(26)5/h7-11,16-17,24H,12-15H2,1-6H3,(H,30,33)/b11-10+. The van der Waals surface area contributed by atoms with Gasteiger partial charge in [0.25, 0.3) is 0 Å². The van der Waals surface area contributed by atoms with Gasteiger partial charge in [-0.15, -0.1) is 0 Å². The summed E-state index contributed by atoms with van der Waals surface area (Å²) in [6, 6.07) is 10.0. The molecule has 0 unspecified atom stereocenters. The first-order chi connectivity index (χ1) is 17.5. The Morgan fingerprint density at radius 2 is 1.65 bits per heavy atom. The number of aromatic nitrogens is 1. The highest BCUT2D eigenvalue weighted by atomic mass is 32.2. The third-order valence-corrected chi connectivity index (χ3v) is 9.32. The van der Waals surface area contributed by atoms with Crippen molar-refractivity contribution in [3.8, 4) is 0 Å². The summed E-state index contributed by atoms with van der Waals surface area (Å²) < 4.78 is 34.1. The van der Waals surface area contributed by atoms with Crippen molar-refractivity contribution in [2.45, 2.75) is 59.3 Å². The molecule has 1 amide bonds. The number of anilines is 1. The summed E-state index contributed by atoms with van der Waals surface area (Å²) in [4.78, 5) is 13.0. The number of aryl methyl sites for hydroxylation is 5. The first-order valence-corrected chi connectivity index (χ1v) is 14.0. The monoisotopic (exact) mass is 521 g/mol. The van der Waals surface area contributed by atoms with Crippen molar-refractivity contribution in [3.05, 3.63) is 75.2 Å². The lowest BCUT2D eigenvalue weighted by Gasteiger charge is -2.30. The fraction of sp³-hybridized carbons (Fsp3) is 0.379. The second kappa shape index (κ2) is 10.6. The zero-order valence-corrected chi connectivity index (χ0v) is 23.2. The van der Waals surface area contributed by atoms with Crippen molar-refractivity contribution < 1.29 is 17.7 Å². The molecule has 0 aliphatic carbocycles. The summed E-state index contributed by atoms with van der Waals surface area (Å²) in [5.74, 6) is -0.104. The second-order valence-corrected chi connectivity index (χ2v) is 11.9. The Bertz CT molecular complexity index is 1440. The summed E-state index contributed by atoms with van der Waals surface area (Å²) in [5.41, 5.74) is 7.69. The molecule has 37 heavy (non-hydrogen) atoms. The summed E-state index contributed by atoms with van der Waals surface area (Å²) in [6.45, 7) is 12.3. The molecule has 0 atom stereocenters. The van der Waals surface area contributed by atoms with Crippen LogP contribution in [0.25, 0.3) is 12.2 Å². The number of sulfonamides is 1. The van der Waals surface area contributed by atoms with Gasteiger partial charge in [0.15, 0.2) is 10.7 Å². The highest BCUT2D eigenvalue weighted by Crippen LogP contribution is 2.30. The minimum atomic E-state index is -3.84. The van der Waals surface area contributed by atoms with Gasteiger partial charge in [-0.05, 0) is 94.3 Å². The number of rotatable bonds is 6. The van der Waals surface area contributed by atoms with Gasteiger partial charge in [-0.25, -0.2) is 8.42 Å². The van der Waals surface area contributed by atoms with Crippen LogP contribution >= 0.6 is 0 Å². The molecule has 0 radical (unpaired) electrons. The molecule has 3 aromatic rings. The molecule has 0 saturated carbocycles. The summed E-state index contributed by atoms with van der Waals surface area (Å²) >= 11 is 0. The minimum Gasteiger partial charge on any atom is -0.355 e. The van der Waals surface area contributed by atoms with Crippen molar-refractivity contribution in [1.82, 2.24) is 9.46 Å². The van der Waals surface area contributed by atoms with Crippen molar-refractivity contribution in [1.29, 1.82) is 0 Å². The van der Waals surface area contributed by atoms with Crippen LogP contribution in [-0.2, 0) is 14.8 Å². The number of carbonyl (C=O) groups excluding carboxylic acids is 1. The van der Waals surface area contributed by atoms with Crippen LogP contribution in [0.1, 0.15) is 57.7 Å².